The number of ether oxygens (including phenoxy) is 1. The molecule has 0 radical (unpaired) electrons. The summed E-state index contributed by atoms with van der Waals surface area (Å²) < 4.78 is 10.3. The lowest BCUT2D eigenvalue weighted by molar-refractivity contribution is -0.153. The van der Waals surface area contributed by atoms with E-state index in [1.807, 2.05) is 40.7 Å². The first-order valence-corrected chi connectivity index (χ1v) is 6.37. The van der Waals surface area contributed by atoms with Crippen molar-refractivity contribution < 1.29 is 18.7 Å². The van der Waals surface area contributed by atoms with Crippen molar-refractivity contribution in [2.24, 2.45) is 11.8 Å². The maximum atomic E-state index is 11.9. The van der Waals surface area contributed by atoms with E-state index in [4.69, 9.17) is 9.15 Å². The molecule has 0 aromatic carbocycles. The van der Waals surface area contributed by atoms with Gasteiger partial charge in [0.1, 0.15) is 11.5 Å². The minimum Gasteiger partial charge on any atom is -0.466 e. The van der Waals surface area contributed by atoms with Crippen LogP contribution in [0.1, 0.15) is 37.9 Å². The van der Waals surface area contributed by atoms with Gasteiger partial charge in [0, 0.05) is 5.56 Å². The van der Waals surface area contributed by atoms with E-state index in [0.29, 0.717) is 5.57 Å². The van der Waals surface area contributed by atoms with Gasteiger partial charge in [-0.25, -0.2) is 4.79 Å². The normalized spacial score (nSPS) is 22.1. The fraction of sp³-hybridized carbons (Fsp3) is 0.467. The van der Waals surface area contributed by atoms with Gasteiger partial charge in [0.25, 0.3) is 0 Å². The Kier molecular flexibility index (Phi) is 3.35. The lowest BCUT2D eigenvalue weighted by atomic mass is 9.85. The zero-order chi connectivity index (χ0) is 14.3. The molecule has 0 bridgehead atoms. The molecule has 4 nitrogen and oxygen atoms in total. The molecule has 2 heterocycles. The van der Waals surface area contributed by atoms with E-state index in [-0.39, 0.29) is 5.92 Å². The molecule has 0 aliphatic carbocycles. The summed E-state index contributed by atoms with van der Waals surface area (Å²) in [5.74, 6) is 0.0920. The highest BCUT2D eigenvalue weighted by molar-refractivity contribution is 6.12. The first-order valence-electron chi connectivity index (χ1n) is 6.37. The van der Waals surface area contributed by atoms with E-state index in [9.17, 15) is 9.59 Å². The van der Waals surface area contributed by atoms with Crippen molar-refractivity contribution >= 4 is 17.5 Å². The van der Waals surface area contributed by atoms with Crippen LogP contribution in [0.15, 0.2) is 16.1 Å². The van der Waals surface area contributed by atoms with Gasteiger partial charge in [-0.15, -0.1) is 0 Å². The van der Waals surface area contributed by atoms with Gasteiger partial charge >= 0.3 is 11.9 Å². The highest BCUT2D eigenvalue weighted by Crippen LogP contribution is 2.36. The second-order valence-corrected chi connectivity index (χ2v) is 5.30. The van der Waals surface area contributed by atoms with E-state index in [1.54, 1.807) is 0 Å². The monoisotopic (exact) mass is 262 g/mol. The number of hydrogen-bond donors (Lipinski definition) is 0. The van der Waals surface area contributed by atoms with Crippen LogP contribution in [0, 0.1) is 25.7 Å². The quantitative estimate of drug-likeness (QED) is 0.467. The first-order chi connectivity index (χ1) is 8.82. The molecule has 1 fully saturated rings. The molecular weight excluding hydrogens is 244 g/mol. The van der Waals surface area contributed by atoms with Gasteiger partial charge in [-0.1, -0.05) is 13.8 Å². The predicted octanol–water partition coefficient (Wildman–Crippen LogP) is 3.03. The van der Waals surface area contributed by atoms with Gasteiger partial charge in [0.15, 0.2) is 0 Å². The number of carbonyl (C=O) groups excluding carboxylic acids is 2. The number of aryl methyl sites for hydroxylation is 2. The maximum absolute atomic E-state index is 11.9. The standard InChI is InChI=1S/C15H18O4/c1-7(2)12-13(15(17)19-14(12)16)9(4)11-6-8(3)18-10(11)5/h6-7,12H,1-5H3/b13-9+. The Morgan fingerprint density at radius 1 is 1.26 bits per heavy atom. The minimum atomic E-state index is -0.528. The van der Waals surface area contributed by atoms with Crippen molar-refractivity contribution in [3.8, 4) is 0 Å². The molecule has 1 aromatic rings. The molecular formula is C15H18O4. The summed E-state index contributed by atoms with van der Waals surface area (Å²) in [6.45, 7) is 9.35. The van der Waals surface area contributed by atoms with Crippen molar-refractivity contribution in [1.82, 2.24) is 0 Å². The van der Waals surface area contributed by atoms with Gasteiger partial charge in [-0.3, -0.25) is 4.79 Å². The van der Waals surface area contributed by atoms with Crippen LogP contribution in [0.3, 0.4) is 0 Å². The zero-order valence-corrected chi connectivity index (χ0v) is 11.9. The molecule has 1 unspecified atom stereocenters. The van der Waals surface area contributed by atoms with Crippen LogP contribution in [-0.4, -0.2) is 11.9 Å². The number of furan rings is 1. The van der Waals surface area contributed by atoms with Gasteiger partial charge < -0.3 is 9.15 Å². The maximum Gasteiger partial charge on any atom is 0.342 e. The molecule has 0 saturated carbocycles. The van der Waals surface area contributed by atoms with Crippen LogP contribution >= 0.6 is 0 Å². The number of allylic oxidation sites excluding steroid dienone is 1. The lowest BCUT2D eigenvalue weighted by Crippen LogP contribution is -2.16. The predicted molar refractivity (Wildman–Crippen MR) is 70.2 cm³/mol. The van der Waals surface area contributed by atoms with Crippen LogP contribution in [0.5, 0.6) is 0 Å². The Hall–Kier alpha value is -1.84. The molecule has 102 valence electrons. The molecule has 1 saturated heterocycles. The number of esters is 2. The fourth-order valence-corrected chi connectivity index (χ4v) is 2.59. The van der Waals surface area contributed by atoms with Crippen molar-refractivity contribution in [2.75, 3.05) is 0 Å². The van der Waals surface area contributed by atoms with Gasteiger partial charge in [-0.05, 0) is 38.3 Å². The highest BCUT2D eigenvalue weighted by Gasteiger charge is 2.42. The summed E-state index contributed by atoms with van der Waals surface area (Å²) in [6.07, 6.45) is 0. The Bertz CT molecular complexity index is 575. The average Bonchev–Trinajstić information content (AvgIpc) is 2.77. The van der Waals surface area contributed by atoms with Crippen LogP contribution in [0.4, 0.5) is 0 Å². The average molecular weight is 262 g/mol. The van der Waals surface area contributed by atoms with Crippen molar-refractivity contribution in [1.29, 1.82) is 0 Å². The Balaban J connectivity index is 2.58. The van der Waals surface area contributed by atoms with E-state index in [0.717, 1.165) is 22.7 Å². The van der Waals surface area contributed by atoms with Gasteiger partial charge in [0.05, 0.1) is 11.5 Å². The number of cyclic esters (lactones) is 2. The third-order valence-electron chi connectivity index (χ3n) is 3.49. The van der Waals surface area contributed by atoms with E-state index >= 15 is 0 Å². The fourth-order valence-electron chi connectivity index (χ4n) is 2.59. The van der Waals surface area contributed by atoms with Gasteiger partial charge in [-0.2, -0.15) is 0 Å². The van der Waals surface area contributed by atoms with Crippen LogP contribution in [0.2, 0.25) is 0 Å². The summed E-state index contributed by atoms with van der Waals surface area (Å²) in [4.78, 5) is 23.7. The Morgan fingerprint density at radius 2 is 1.89 bits per heavy atom. The van der Waals surface area contributed by atoms with E-state index in [1.165, 1.54) is 0 Å². The third kappa shape index (κ3) is 2.23. The number of carbonyl (C=O) groups is 2. The van der Waals surface area contributed by atoms with E-state index < -0.39 is 17.9 Å². The van der Waals surface area contributed by atoms with Crippen molar-refractivity contribution in [3.63, 3.8) is 0 Å². The number of rotatable bonds is 2. The van der Waals surface area contributed by atoms with Crippen molar-refractivity contribution in [2.45, 2.75) is 34.6 Å². The molecule has 1 aliphatic heterocycles. The SMILES string of the molecule is C/C(=C1\C(=O)OC(=O)C1C(C)C)c1cc(C)oc1C. The molecule has 0 amide bonds. The van der Waals surface area contributed by atoms with Crippen molar-refractivity contribution in [3.05, 3.63) is 28.7 Å². The Labute approximate surface area is 112 Å². The summed E-state index contributed by atoms with van der Waals surface area (Å²) in [5.41, 5.74) is 2.10. The lowest BCUT2D eigenvalue weighted by Gasteiger charge is -2.13. The van der Waals surface area contributed by atoms with Crippen LogP contribution < -0.4 is 0 Å². The smallest absolute Gasteiger partial charge is 0.342 e. The second-order valence-electron chi connectivity index (χ2n) is 5.30. The zero-order valence-electron chi connectivity index (χ0n) is 11.9. The molecule has 19 heavy (non-hydrogen) atoms. The molecule has 0 spiro atoms. The summed E-state index contributed by atoms with van der Waals surface area (Å²) in [7, 11) is 0. The first kappa shape index (κ1) is 13.6. The summed E-state index contributed by atoms with van der Waals surface area (Å²) in [5, 5.41) is 0. The number of hydrogen-bond acceptors (Lipinski definition) is 4. The molecule has 1 aromatic heterocycles. The summed E-state index contributed by atoms with van der Waals surface area (Å²) >= 11 is 0. The largest absolute Gasteiger partial charge is 0.466 e. The second kappa shape index (κ2) is 4.68. The van der Waals surface area contributed by atoms with Gasteiger partial charge in [0.2, 0.25) is 0 Å². The minimum absolute atomic E-state index is 0.0252. The van der Waals surface area contributed by atoms with E-state index in [2.05, 4.69) is 0 Å². The molecule has 2 rings (SSSR count). The van der Waals surface area contributed by atoms with Crippen LogP contribution in [-0.2, 0) is 14.3 Å². The topological polar surface area (TPSA) is 56.5 Å². The third-order valence-corrected chi connectivity index (χ3v) is 3.49. The van der Waals surface area contributed by atoms with Crippen LogP contribution in [0.25, 0.3) is 5.57 Å². The Morgan fingerprint density at radius 3 is 2.37 bits per heavy atom. The molecule has 1 atom stereocenters. The summed E-state index contributed by atoms with van der Waals surface area (Å²) in [6, 6.07) is 1.88. The highest BCUT2D eigenvalue weighted by atomic mass is 16.6. The molecule has 0 N–H and O–H groups in total. The molecule has 4 heteroatoms. The molecule has 1 aliphatic rings.